The molecule has 0 heterocycles. The molecule has 0 fully saturated rings. The minimum atomic E-state index is -0.414. The van der Waals surface area contributed by atoms with Crippen molar-refractivity contribution in [1.29, 1.82) is 0 Å². The molecule has 124 valence electrons. The largest absolute Gasteiger partial charge is 0.497 e. The number of methoxy groups -OCH3 is 1. The SMILES string of the molecule is COc1ccc(/C=C/C(=O)Oc2ccc(-c3ccccc3)cc2)cc1. The second-order valence-corrected chi connectivity index (χ2v) is 5.42. The summed E-state index contributed by atoms with van der Waals surface area (Å²) < 4.78 is 10.4. The number of ether oxygens (including phenoxy) is 2. The van der Waals surface area contributed by atoms with E-state index in [4.69, 9.17) is 9.47 Å². The molecule has 3 aromatic carbocycles. The molecule has 0 bridgehead atoms. The van der Waals surface area contributed by atoms with Crippen molar-refractivity contribution in [2.45, 2.75) is 0 Å². The van der Waals surface area contributed by atoms with E-state index in [2.05, 4.69) is 0 Å². The van der Waals surface area contributed by atoms with Gasteiger partial charge in [0.15, 0.2) is 0 Å². The second kappa shape index (κ2) is 7.97. The third kappa shape index (κ3) is 4.58. The van der Waals surface area contributed by atoms with Gasteiger partial charge in [-0.3, -0.25) is 0 Å². The first kappa shape index (κ1) is 16.5. The summed E-state index contributed by atoms with van der Waals surface area (Å²) >= 11 is 0. The molecule has 0 saturated heterocycles. The Morgan fingerprint density at radius 3 is 2.00 bits per heavy atom. The Morgan fingerprint density at radius 2 is 1.36 bits per heavy atom. The highest BCUT2D eigenvalue weighted by Crippen LogP contribution is 2.22. The standard InChI is InChI=1S/C22H18O3/c1-24-20-12-7-17(8-13-20)9-16-22(23)25-21-14-10-19(11-15-21)18-5-3-2-4-6-18/h2-16H,1H3/b16-9+. The van der Waals surface area contributed by atoms with Gasteiger partial charge in [0.25, 0.3) is 0 Å². The fraction of sp³-hybridized carbons (Fsp3) is 0.0455. The van der Waals surface area contributed by atoms with E-state index in [0.29, 0.717) is 5.75 Å². The van der Waals surface area contributed by atoms with E-state index in [0.717, 1.165) is 22.4 Å². The van der Waals surface area contributed by atoms with Gasteiger partial charge in [0, 0.05) is 6.08 Å². The van der Waals surface area contributed by atoms with Crippen LogP contribution in [0.3, 0.4) is 0 Å². The van der Waals surface area contributed by atoms with Crippen molar-refractivity contribution in [1.82, 2.24) is 0 Å². The molecule has 0 spiro atoms. The third-order valence-corrected chi connectivity index (χ3v) is 3.71. The summed E-state index contributed by atoms with van der Waals surface area (Å²) in [5.74, 6) is 0.880. The Bertz CT molecular complexity index is 848. The minimum absolute atomic E-state index is 0.414. The average molecular weight is 330 g/mol. The van der Waals surface area contributed by atoms with Crippen LogP contribution in [-0.4, -0.2) is 13.1 Å². The third-order valence-electron chi connectivity index (χ3n) is 3.71. The van der Waals surface area contributed by atoms with Crippen LogP contribution in [0.15, 0.2) is 84.9 Å². The maximum Gasteiger partial charge on any atom is 0.336 e. The van der Waals surface area contributed by atoms with Crippen LogP contribution in [0.4, 0.5) is 0 Å². The summed E-state index contributed by atoms with van der Waals surface area (Å²) in [6, 6.07) is 24.9. The highest BCUT2D eigenvalue weighted by atomic mass is 16.5. The summed E-state index contributed by atoms with van der Waals surface area (Å²) in [4.78, 5) is 11.9. The molecule has 0 aliphatic rings. The van der Waals surface area contributed by atoms with Crippen LogP contribution >= 0.6 is 0 Å². The molecule has 3 heteroatoms. The summed E-state index contributed by atoms with van der Waals surface area (Å²) in [6.45, 7) is 0. The highest BCUT2D eigenvalue weighted by molar-refractivity contribution is 5.88. The van der Waals surface area contributed by atoms with E-state index in [-0.39, 0.29) is 0 Å². The van der Waals surface area contributed by atoms with Gasteiger partial charge in [-0.05, 0) is 47.0 Å². The zero-order valence-corrected chi connectivity index (χ0v) is 13.9. The number of rotatable bonds is 5. The van der Waals surface area contributed by atoms with E-state index >= 15 is 0 Å². The van der Waals surface area contributed by atoms with Crippen molar-refractivity contribution in [2.24, 2.45) is 0 Å². The second-order valence-electron chi connectivity index (χ2n) is 5.42. The number of hydrogen-bond donors (Lipinski definition) is 0. The van der Waals surface area contributed by atoms with Crippen LogP contribution < -0.4 is 9.47 Å². The van der Waals surface area contributed by atoms with Gasteiger partial charge in [-0.1, -0.05) is 54.6 Å². The summed E-state index contributed by atoms with van der Waals surface area (Å²) in [6.07, 6.45) is 3.12. The predicted molar refractivity (Wildman–Crippen MR) is 99.5 cm³/mol. The number of carbonyl (C=O) groups is 1. The quantitative estimate of drug-likeness (QED) is 0.376. The Kier molecular flexibility index (Phi) is 5.27. The van der Waals surface area contributed by atoms with Crippen LogP contribution in [0, 0.1) is 0 Å². The Labute approximate surface area is 147 Å². The molecule has 0 radical (unpaired) electrons. The molecule has 0 amide bonds. The zero-order chi connectivity index (χ0) is 17.5. The van der Waals surface area contributed by atoms with Crippen LogP contribution in [0.5, 0.6) is 11.5 Å². The first-order valence-corrected chi connectivity index (χ1v) is 7.94. The Balaban J connectivity index is 1.61. The van der Waals surface area contributed by atoms with E-state index < -0.39 is 5.97 Å². The summed E-state index contributed by atoms with van der Waals surface area (Å²) in [5.41, 5.74) is 3.10. The Morgan fingerprint density at radius 1 is 0.760 bits per heavy atom. The predicted octanol–water partition coefficient (Wildman–Crippen LogP) is 4.98. The molecule has 3 nitrogen and oxygen atoms in total. The normalized spacial score (nSPS) is 10.6. The lowest BCUT2D eigenvalue weighted by Crippen LogP contribution is -2.03. The minimum Gasteiger partial charge on any atom is -0.497 e. The molecule has 0 aliphatic carbocycles. The van der Waals surface area contributed by atoms with Crippen molar-refractivity contribution in [2.75, 3.05) is 7.11 Å². The van der Waals surface area contributed by atoms with E-state index in [1.54, 1.807) is 25.3 Å². The smallest absolute Gasteiger partial charge is 0.336 e. The molecule has 3 rings (SSSR count). The van der Waals surface area contributed by atoms with Gasteiger partial charge in [-0.15, -0.1) is 0 Å². The zero-order valence-electron chi connectivity index (χ0n) is 13.9. The van der Waals surface area contributed by atoms with Gasteiger partial charge in [-0.25, -0.2) is 4.79 Å². The number of hydrogen-bond acceptors (Lipinski definition) is 3. The lowest BCUT2D eigenvalue weighted by Gasteiger charge is -2.04. The van der Waals surface area contributed by atoms with Crippen molar-refractivity contribution in [3.8, 4) is 22.6 Å². The highest BCUT2D eigenvalue weighted by Gasteiger charge is 2.02. The van der Waals surface area contributed by atoms with Crippen molar-refractivity contribution < 1.29 is 14.3 Å². The molecular weight excluding hydrogens is 312 g/mol. The Hall–Kier alpha value is -3.33. The molecule has 0 aromatic heterocycles. The average Bonchev–Trinajstić information content (AvgIpc) is 2.68. The summed E-state index contributed by atoms with van der Waals surface area (Å²) in [7, 11) is 1.62. The van der Waals surface area contributed by atoms with E-state index in [9.17, 15) is 4.79 Å². The van der Waals surface area contributed by atoms with Gasteiger partial charge in [-0.2, -0.15) is 0 Å². The van der Waals surface area contributed by atoms with E-state index in [1.807, 2.05) is 66.7 Å². The first-order chi connectivity index (χ1) is 12.2. The summed E-state index contributed by atoms with van der Waals surface area (Å²) in [5, 5.41) is 0. The number of benzene rings is 3. The fourth-order valence-corrected chi connectivity index (χ4v) is 2.38. The first-order valence-electron chi connectivity index (χ1n) is 7.94. The van der Waals surface area contributed by atoms with Crippen LogP contribution in [0.2, 0.25) is 0 Å². The monoisotopic (exact) mass is 330 g/mol. The maximum absolute atomic E-state index is 11.9. The van der Waals surface area contributed by atoms with Gasteiger partial charge < -0.3 is 9.47 Å². The van der Waals surface area contributed by atoms with Crippen LogP contribution in [0.25, 0.3) is 17.2 Å². The van der Waals surface area contributed by atoms with Crippen molar-refractivity contribution in [3.05, 3.63) is 90.5 Å². The molecule has 0 unspecified atom stereocenters. The molecule has 3 aromatic rings. The van der Waals surface area contributed by atoms with Crippen molar-refractivity contribution >= 4 is 12.0 Å². The fourth-order valence-electron chi connectivity index (χ4n) is 2.38. The van der Waals surface area contributed by atoms with Gasteiger partial charge >= 0.3 is 5.97 Å². The lowest BCUT2D eigenvalue weighted by molar-refractivity contribution is -0.128. The van der Waals surface area contributed by atoms with Crippen LogP contribution in [-0.2, 0) is 4.79 Å². The number of carbonyl (C=O) groups excluding carboxylic acids is 1. The number of esters is 1. The lowest BCUT2D eigenvalue weighted by atomic mass is 10.1. The molecule has 0 aliphatic heterocycles. The van der Waals surface area contributed by atoms with Gasteiger partial charge in [0.1, 0.15) is 11.5 Å². The van der Waals surface area contributed by atoms with E-state index in [1.165, 1.54) is 6.08 Å². The molecule has 0 N–H and O–H groups in total. The van der Waals surface area contributed by atoms with Crippen LogP contribution in [0.1, 0.15) is 5.56 Å². The molecular formula is C22H18O3. The topological polar surface area (TPSA) is 35.5 Å². The molecule has 0 saturated carbocycles. The maximum atomic E-state index is 11.9. The molecule has 0 atom stereocenters. The van der Waals surface area contributed by atoms with Gasteiger partial charge in [0.2, 0.25) is 0 Å². The molecule has 25 heavy (non-hydrogen) atoms. The van der Waals surface area contributed by atoms with Crippen molar-refractivity contribution in [3.63, 3.8) is 0 Å². The van der Waals surface area contributed by atoms with Gasteiger partial charge in [0.05, 0.1) is 7.11 Å².